The SMILES string of the molecule is CCC1CN(C2CCC3(CC2)C(=O)Nc2ncc(Cl)cc23)CCCN1C(=O)O. The molecule has 152 valence electrons. The third kappa shape index (κ3) is 3.24. The van der Waals surface area contributed by atoms with Crippen LogP contribution in [0, 0.1) is 0 Å². The van der Waals surface area contributed by atoms with Crippen molar-refractivity contribution in [3.63, 3.8) is 0 Å². The van der Waals surface area contributed by atoms with E-state index in [2.05, 4.69) is 22.1 Å². The van der Waals surface area contributed by atoms with E-state index in [1.54, 1.807) is 11.1 Å². The maximum atomic E-state index is 12.8. The summed E-state index contributed by atoms with van der Waals surface area (Å²) in [7, 11) is 0. The van der Waals surface area contributed by atoms with Crippen molar-refractivity contribution in [1.82, 2.24) is 14.8 Å². The molecule has 7 nitrogen and oxygen atoms in total. The van der Waals surface area contributed by atoms with E-state index in [0.29, 0.717) is 23.4 Å². The molecule has 8 heteroatoms. The minimum absolute atomic E-state index is 0.0365. The summed E-state index contributed by atoms with van der Waals surface area (Å²) in [6.07, 6.45) is 5.81. The van der Waals surface area contributed by atoms with Crippen LogP contribution >= 0.6 is 11.6 Å². The van der Waals surface area contributed by atoms with Crippen molar-refractivity contribution in [2.75, 3.05) is 25.0 Å². The number of nitrogens with one attached hydrogen (secondary N) is 1. The standard InChI is InChI=1S/C20H27ClN4O3/c1-2-14-12-24(8-3-9-25(14)19(27)28)15-4-6-20(7-5-15)16-10-13(21)11-22-17(16)23-18(20)26/h10-11,14-15H,2-9,12H2,1H3,(H,27,28)(H,22,23,26). The van der Waals surface area contributed by atoms with Gasteiger partial charge < -0.3 is 15.3 Å². The number of nitrogens with zero attached hydrogens (tertiary/aromatic N) is 3. The first-order chi connectivity index (χ1) is 13.4. The zero-order chi connectivity index (χ0) is 19.9. The van der Waals surface area contributed by atoms with Gasteiger partial charge in [0.25, 0.3) is 0 Å². The summed E-state index contributed by atoms with van der Waals surface area (Å²) in [6, 6.07) is 2.30. The number of hydrogen-bond acceptors (Lipinski definition) is 4. The average molecular weight is 407 g/mol. The maximum absolute atomic E-state index is 12.8. The van der Waals surface area contributed by atoms with Crippen molar-refractivity contribution in [3.8, 4) is 0 Å². The fraction of sp³-hybridized carbons (Fsp3) is 0.650. The van der Waals surface area contributed by atoms with Crippen LogP contribution in [0.15, 0.2) is 12.3 Å². The first kappa shape index (κ1) is 19.5. The number of anilines is 1. The smallest absolute Gasteiger partial charge is 0.407 e. The van der Waals surface area contributed by atoms with Crippen molar-refractivity contribution in [2.24, 2.45) is 0 Å². The van der Waals surface area contributed by atoms with Crippen LogP contribution < -0.4 is 5.32 Å². The molecule has 1 unspecified atom stereocenters. The third-order valence-corrected chi connectivity index (χ3v) is 7.02. The van der Waals surface area contributed by atoms with Gasteiger partial charge in [-0.3, -0.25) is 9.69 Å². The van der Waals surface area contributed by atoms with Crippen LogP contribution in [0.25, 0.3) is 0 Å². The summed E-state index contributed by atoms with van der Waals surface area (Å²) in [6.45, 7) is 4.34. The predicted molar refractivity (Wildman–Crippen MR) is 107 cm³/mol. The van der Waals surface area contributed by atoms with Gasteiger partial charge in [0, 0.05) is 43.5 Å². The zero-order valence-electron chi connectivity index (χ0n) is 16.2. The number of aromatic nitrogens is 1. The Labute approximate surface area is 170 Å². The number of halogens is 1. The van der Waals surface area contributed by atoms with Crippen molar-refractivity contribution in [1.29, 1.82) is 0 Å². The molecule has 2 aliphatic heterocycles. The lowest BCUT2D eigenvalue weighted by atomic mass is 9.69. The van der Waals surface area contributed by atoms with Gasteiger partial charge in [-0.25, -0.2) is 9.78 Å². The summed E-state index contributed by atoms with van der Waals surface area (Å²) in [5.41, 5.74) is 0.412. The molecule has 1 aromatic heterocycles. The summed E-state index contributed by atoms with van der Waals surface area (Å²) < 4.78 is 0. The molecular formula is C20H27ClN4O3. The fourth-order valence-corrected chi connectivity index (χ4v) is 5.39. The highest BCUT2D eigenvalue weighted by molar-refractivity contribution is 6.30. The molecule has 0 aromatic carbocycles. The Morgan fingerprint density at radius 1 is 1.39 bits per heavy atom. The van der Waals surface area contributed by atoms with Crippen LogP contribution in [0.2, 0.25) is 5.02 Å². The molecule has 1 spiro atoms. The van der Waals surface area contributed by atoms with E-state index < -0.39 is 11.5 Å². The second kappa shape index (κ2) is 7.52. The summed E-state index contributed by atoms with van der Waals surface area (Å²) in [4.78, 5) is 32.7. The molecule has 1 saturated heterocycles. The number of amides is 2. The van der Waals surface area contributed by atoms with Gasteiger partial charge in [0.05, 0.1) is 10.4 Å². The Balaban J connectivity index is 1.48. The van der Waals surface area contributed by atoms with Crippen LogP contribution in [0.3, 0.4) is 0 Å². The number of carboxylic acid groups (broad SMARTS) is 1. The molecular weight excluding hydrogens is 380 g/mol. The Hall–Kier alpha value is -1.86. The highest BCUT2D eigenvalue weighted by Crippen LogP contribution is 2.48. The third-order valence-electron chi connectivity index (χ3n) is 6.81. The molecule has 1 atom stereocenters. The van der Waals surface area contributed by atoms with E-state index in [1.807, 2.05) is 6.07 Å². The molecule has 3 aliphatic rings. The molecule has 0 radical (unpaired) electrons. The van der Waals surface area contributed by atoms with Crippen molar-refractivity contribution in [2.45, 2.75) is 62.9 Å². The fourth-order valence-electron chi connectivity index (χ4n) is 5.23. The molecule has 1 aromatic rings. The van der Waals surface area contributed by atoms with Crippen molar-refractivity contribution in [3.05, 3.63) is 22.8 Å². The highest BCUT2D eigenvalue weighted by atomic mass is 35.5. The minimum Gasteiger partial charge on any atom is -0.465 e. The quantitative estimate of drug-likeness (QED) is 0.786. The summed E-state index contributed by atoms with van der Waals surface area (Å²) in [5.74, 6) is 0.681. The van der Waals surface area contributed by atoms with E-state index in [4.69, 9.17) is 11.6 Å². The predicted octanol–water partition coefficient (Wildman–Crippen LogP) is 3.33. The number of carbonyl (C=O) groups excluding carboxylic acids is 1. The molecule has 28 heavy (non-hydrogen) atoms. The van der Waals surface area contributed by atoms with Gasteiger partial charge in [0.1, 0.15) is 5.82 Å². The minimum atomic E-state index is -0.820. The van der Waals surface area contributed by atoms with Gasteiger partial charge in [-0.15, -0.1) is 0 Å². The van der Waals surface area contributed by atoms with Gasteiger partial charge in [-0.1, -0.05) is 18.5 Å². The van der Waals surface area contributed by atoms with Gasteiger partial charge in [-0.05, 0) is 44.6 Å². The maximum Gasteiger partial charge on any atom is 0.407 e. The van der Waals surface area contributed by atoms with Gasteiger partial charge >= 0.3 is 6.09 Å². The number of pyridine rings is 1. The van der Waals surface area contributed by atoms with Gasteiger partial charge in [0.15, 0.2) is 0 Å². The van der Waals surface area contributed by atoms with E-state index in [9.17, 15) is 14.7 Å². The lowest BCUT2D eigenvalue weighted by Gasteiger charge is -2.41. The van der Waals surface area contributed by atoms with Gasteiger partial charge in [-0.2, -0.15) is 0 Å². The molecule has 1 saturated carbocycles. The lowest BCUT2D eigenvalue weighted by molar-refractivity contribution is -0.122. The van der Waals surface area contributed by atoms with Crippen molar-refractivity contribution >= 4 is 29.4 Å². The normalized spacial score (nSPS) is 30.8. The number of hydrogen-bond donors (Lipinski definition) is 2. The number of fused-ring (bicyclic) bond motifs is 2. The summed E-state index contributed by atoms with van der Waals surface area (Å²) in [5, 5.41) is 13.0. The molecule has 4 rings (SSSR count). The Morgan fingerprint density at radius 3 is 2.82 bits per heavy atom. The number of carbonyl (C=O) groups is 2. The van der Waals surface area contributed by atoms with E-state index in [1.165, 1.54) is 0 Å². The molecule has 2 N–H and O–H groups in total. The van der Waals surface area contributed by atoms with Crippen molar-refractivity contribution < 1.29 is 14.7 Å². The second-order valence-corrected chi connectivity index (χ2v) is 8.64. The average Bonchev–Trinajstić information content (AvgIpc) is 2.85. The molecule has 2 fully saturated rings. The van der Waals surface area contributed by atoms with E-state index in [-0.39, 0.29) is 11.9 Å². The van der Waals surface area contributed by atoms with Crippen LogP contribution in [-0.4, -0.2) is 63.6 Å². The Morgan fingerprint density at radius 2 is 2.14 bits per heavy atom. The molecule has 1 aliphatic carbocycles. The molecule has 0 bridgehead atoms. The molecule has 3 heterocycles. The first-order valence-electron chi connectivity index (χ1n) is 10.2. The highest BCUT2D eigenvalue weighted by Gasteiger charge is 2.50. The zero-order valence-corrected chi connectivity index (χ0v) is 16.9. The topological polar surface area (TPSA) is 85.8 Å². The Bertz CT molecular complexity index is 779. The number of rotatable bonds is 2. The lowest BCUT2D eigenvalue weighted by Crippen LogP contribution is -2.49. The van der Waals surface area contributed by atoms with Crippen LogP contribution in [0.4, 0.5) is 10.6 Å². The summed E-state index contributed by atoms with van der Waals surface area (Å²) >= 11 is 6.15. The van der Waals surface area contributed by atoms with Crippen LogP contribution in [0.5, 0.6) is 0 Å². The Kier molecular flexibility index (Phi) is 5.22. The van der Waals surface area contributed by atoms with E-state index in [0.717, 1.165) is 57.2 Å². The van der Waals surface area contributed by atoms with Crippen LogP contribution in [0.1, 0.15) is 51.0 Å². The second-order valence-electron chi connectivity index (χ2n) is 8.20. The van der Waals surface area contributed by atoms with E-state index >= 15 is 0 Å². The monoisotopic (exact) mass is 406 g/mol. The van der Waals surface area contributed by atoms with Gasteiger partial charge in [0.2, 0.25) is 5.91 Å². The first-order valence-corrected chi connectivity index (χ1v) is 10.5. The molecule has 2 amide bonds. The van der Waals surface area contributed by atoms with Crippen LogP contribution in [-0.2, 0) is 10.2 Å². The largest absolute Gasteiger partial charge is 0.465 e.